The number of nitrogens with zero attached hydrogens (tertiary/aromatic N) is 3. The maximum Gasteiger partial charge on any atom is 0.134 e. The van der Waals surface area contributed by atoms with Crippen molar-refractivity contribution in [2.24, 2.45) is 0 Å². The van der Waals surface area contributed by atoms with Gasteiger partial charge in [0, 0.05) is 47.2 Å². The minimum Gasteiger partial charge on any atom is -0.486 e. The van der Waals surface area contributed by atoms with Crippen molar-refractivity contribution in [2.75, 3.05) is 18.4 Å². The van der Waals surface area contributed by atoms with Gasteiger partial charge in [-0.05, 0) is 63.2 Å². The Bertz CT molecular complexity index is 1360. The van der Waals surface area contributed by atoms with Gasteiger partial charge in [-0.2, -0.15) is 5.10 Å². The van der Waals surface area contributed by atoms with Crippen molar-refractivity contribution < 1.29 is 9.13 Å². The molecular formula is C26H25Cl2FN6O. The third kappa shape index (κ3) is 5.46. The average Bonchev–Trinajstić information content (AvgIpc) is 3.27. The van der Waals surface area contributed by atoms with Crippen molar-refractivity contribution in [2.45, 2.75) is 31.9 Å². The van der Waals surface area contributed by atoms with Crippen molar-refractivity contribution >= 4 is 51.8 Å². The summed E-state index contributed by atoms with van der Waals surface area (Å²) in [5.41, 5.74) is 2.25. The summed E-state index contributed by atoms with van der Waals surface area (Å²) in [4.78, 5) is 8.37. The lowest BCUT2D eigenvalue weighted by Gasteiger charge is -2.24. The molecule has 186 valence electrons. The maximum absolute atomic E-state index is 15.1. The first-order chi connectivity index (χ1) is 17.5. The van der Waals surface area contributed by atoms with E-state index in [9.17, 15) is 0 Å². The molecule has 0 spiro atoms. The van der Waals surface area contributed by atoms with E-state index in [4.69, 9.17) is 27.9 Å². The number of fused-ring (bicyclic) bond motifs is 1. The van der Waals surface area contributed by atoms with E-state index >= 15 is 4.39 Å². The van der Waals surface area contributed by atoms with Gasteiger partial charge in [-0.15, -0.1) is 0 Å². The highest BCUT2D eigenvalue weighted by molar-refractivity contribution is 6.35. The SMILES string of the molecule is CC(Oc1ccc2n[nH]c(/C=C(\F)c3ccc(NC4CCNCC4)nc3)c2c1)c1c(Cl)cncc1Cl. The molecule has 0 amide bonds. The number of anilines is 1. The van der Waals surface area contributed by atoms with Crippen molar-refractivity contribution in [1.29, 1.82) is 0 Å². The molecule has 0 radical (unpaired) electrons. The van der Waals surface area contributed by atoms with Gasteiger partial charge in [-0.3, -0.25) is 10.1 Å². The number of hydrogen-bond acceptors (Lipinski definition) is 6. The first-order valence-electron chi connectivity index (χ1n) is 11.7. The van der Waals surface area contributed by atoms with Crippen LogP contribution in [0.2, 0.25) is 10.0 Å². The zero-order chi connectivity index (χ0) is 25.1. The molecule has 1 unspecified atom stereocenters. The van der Waals surface area contributed by atoms with Crippen LogP contribution in [0.25, 0.3) is 22.8 Å². The summed E-state index contributed by atoms with van der Waals surface area (Å²) in [6.45, 7) is 3.83. The van der Waals surface area contributed by atoms with Crippen LogP contribution in [0, 0.1) is 0 Å². The number of halogens is 3. The van der Waals surface area contributed by atoms with Crippen molar-refractivity contribution in [3.63, 3.8) is 0 Å². The van der Waals surface area contributed by atoms with Crippen molar-refractivity contribution in [1.82, 2.24) is 25.5 Å². The maximum atomic E-state index is 15.1. The number of pyridine rings is 2. The van der Waals surface area contributed by atoms with Gasteiger partial charge in [0.15, 0.2) is 0 Å². The monoisotopic (exact) mass is 526 g/mol. The smallest absolute Gasteiger partial charge is 0.134 e. The predicted octanol–water partition coefficient (Wildman–Crippen LogP) is 6.43. The van der Waals surface area contributed by atoms with Crippen LogP contribution < -0.4 is 15.4 Å². The van der Waals surface area contributed by atoms with Gasteiger partial charge in [0.2, 0.25) is 0 Å². The molecule has 3 aromatic heterocycles. The Balaban J connectivity index is 1.33. The van der Waals surface area contributed by atoms with Gasteiger partial charge in [0.1, 0.15) is 23.5 Å². The van der Waals surface area contributed by atoms with Gasteiger partial charge in [-0.1, -0.05) is 23.2 Å². The Morgan fingerprint density at radius 1 is 1.14 bits per heavy atom. The summed E-state index contributed by atoms with van der Waals surface area (Å²) >= 11 is 12.5. The first-order valence-corrected chi connectivity index (χ1v) is 12.5. The lowest BCUT2D eigenvalue weighted by molar-refractivity contribution is 0.227. The summed E-state index contributed by atoms with van der Waals surface area (Å²) in [5, 5.41) is 15.5. The summed E-state index contributed by atoms with van der Waals surface area (Å²) in [6, 6.07) is 9.32. The second-order valence-electron chi connectivity index (χ2n) is 8.69. The van der Waals surface area contributed by atoms with Gasteiger partial charge in [0.25, 0.3) is 0 Å². The number of piperidine rings is 1. The zero-order valence-electron chi connectivity index (χ0n) is 19.6. The largest absolute Gasteiger partial charge is 0.486 e. The third-order valence-electron chi connectivity index (χ3n) is 6.17. The molecule has 1 atom stereocenters. The Kier molecular flexibility index (Phi) is 7.36. The molecule has 1 aromatic carbocycles. The highest BCUT2D eigenvalue weighted by Crippen LogP contribution is 2.34. The van der Waals surface area contributed by atoms with E-state index in [0.717, 1.165) is 37.1 Å². The van der Waals surface area contributed by atoms with E-state index in [-0.39, 0.29) is 0 Å². The number of aromatic amines is 1. The topological polar surface area (TPSA) is 87.8 Å². The fourth-order valence-electron chi connectivity index (χ4n) is 4.27. The number of H-pyrrole nitrogens is 1. The molecule has 10 heteroatoms. The van der Waals surface area contributed by atoms with E-state index in [1.54, 1.807) is 18.2 Å². The van der Waals surface area contributed by atoms with E-state index in [2.05, 4.69) is 30.8 Å². The molecule has 4 aromatic rings. The van der Waals surface area contributed by atoms with Crippen LogP contribution >= 0.6 is 23.2 Å². The molecule has 0 bridgehead atoms. The van der Waals surface area contributed by atoms with Gasteiger partial charge < -0.3 is 15.4 Å². The van der Waals surface area contributed by atoms with Crippen LogP contribution in [0.3, 0.4) is 0 Å². The minimum absolute atomic E-state index is 0.381. The molecule has 1 saturated heterocycles. The Hall–Kier alpha value is -3.20. The van der Waals surface area contributed by atoms with Crippen molar-refractivity contribution in [3.05, 3.63) is 75.8 Å². The second-order valence-corrected chi connectivity index (χ2v) is 9.50. The summed E-state index contributed by atoms with van der Waals surface area (Å²) in [5.74, 6) is 0.901. The highest BCUT2D eigenvalue weighted by atomic mass is 35.5. The molecule has 1 fully saturated rings. The number of benzene rings is 1. The van der Waals surface area contributed by atoms with Crippen LogP contribution in [0.1, 0.15) is 42.7 Å². The Labute approximate surface area is 218 Å². The molecule has 0 saturated carbocycles. The predicted molar refractivity (Wildman–Crippen MR) is 142 cm³/mol. The summed E-state index contributed by atoms with van der Waals surface area (Å²) in [7, 11) is 0. The highest BCUT2D eigenvalue weighted by Gasteiger charge is 2.17. The van der Waals surface area contributed by atoms with Gasteiger partial charge in [-0.25, -0.2) is 9.37 Å². The second kappa shape index (κ2) is 10.8. The van der Waals surface area contributed by atoms with Gasteiger partial charge in [0.05, 0.1) is 21.3 Å². The van der Waals surface area contributed by atoms with E-state index in [1.165, 1.54) is 24.7 Å². The Morgan fingerprint density at radius 3 is 2.64 bits per heavy atom. The first kappa shape index (κ1) is 24.5. The molecule has 4 heterocycles. The number of hydrogen-bond donors (Lipinski definition) is 3. The molecule has 5 rings (SSSR count). The van der Waals surface area contributed by atoms with Crippen LogP contribution in [0.5, 0.6) is 5.75 Å². The Morgan fingerprint density at radius 2 is 1.92 bits per heavy atom. The van der Waals surface area contributed by atoms with E-state index in [1.807, 2.05) is 19.1 Å². The average molecular weight is 527 g/mol. The third-order valence-corrected chi connectivity index (χ3v) is 6.77. The van der Waals surface area contributed by atoms with Gasteiger partial charge >= 0.3 is 0 Å². The standard InChI is InChI=1S/C26H25Cl2FN6O/c1-15(26-20(27)13-31-14-21(26)28)36-18-3-4-23-19(10-18)24(35-34-23)11-22(29)16-2-5-25(32-12-16)33-17-6-8-30-9-7-17/h2-5,10-15,17,30H,6-9H2,1H3,(H,32,33)(H,34,35)/b22-11-. The van der Waals surface area contributed by atoms with E-state index in [0.29, 0.717) is 44.2 Å². The van der Waals surface area contributed by atoms with Crippen LogP contribution in [-0.2, 0) is 0 Å². The van der Waals surface area contributed by atoms with Crippen LogP contribution in [-0.4, -0.2) is 39.3 Å². The number of ether oxygens (including phenoxy) is 1. The molecule has 1 aliphatic heterocycles. The number of aromatic nitrogens is 4. The number of rotatable bonds is 7. The zero-order valence-corrected chi connectivity index (χ0v) is 21.1. The normalized spacial score (nSPS) is 15.7. The van der Waals surface area contributed by atoms with Crippen LogP contribution in [0.4, 0.5) is 10.2 Å². The fraction of sp³-hybridized carbons (Fsp3) is 0.269. The minimum atomic E-state index is -0.420. The lowest BCUT2D eigenvalue weighted by Crippen LogP contribution is -2.35. The van der Waals surface area contributed by atoms with E-state index < -0.39 is 11.9 Å². The van der Waals surface area contributed by atoms with Crippen molar-refractivity contribution in [3.8, 4) is 5.75 Å². The summed E-state index contributed by atoms with van der Waals surface area (Å²) in [6.07, 6.45) is 7.66. The molecular weight excluding hydrogens is 502 g/mol. The molecule has 36 heavy (non-hydrogen) atoms. The quantitative estimate of drug-likeness (QED) is 0.257. The fourth-order valence-corrected chi connectivity index (χ4v) is 4.94. The lowest BCUT2D eigenvalue weighted by atomic mass is 10.1. The number of nitrogens with one attached hydrogen (secondary N) is 3. The molecule has 0 aliphatic carbocycles. The molecule has 3 N–H and O–H groups in total. The molecule has 1 aliphatic rings. The van der Waals surface area contributed by atoms with Crippen LogP contribution in [0.15, 0.2) is 48.9 Å². The summed E-state index contributed by atoms with van der Waals surface area (Å²) < 4.78 is 21.2. The molecule has 7 nitrogen and oxygen atoms in total.